The molecule has 0 radical (unpaired) electrons. The van der Waals surface area contributed by atoms with Crippen LogP contribution >= 0.6 is 11.3 Å². The van der Waals surface area contributed by atoms with Crippen molar-refractivity contribution in [3.8, 4) is 0 Å². The smallest absolute Gasteiger partial charge is 0.227 e. The second-order valence-corrected chi connectivity index (χ2v) is 9.99. The van der Waals surface area contributed by atoms with Crippen LogP contribution in [0, 0.1) is 0 Å². The van der Waals surface area contributed by atoms with Gasteiger partial charge in [0.1, 0.15) is 0 Å². The Morgan fingerprint density at radius 2 is 1.23 bits per heavy atom. The molecular formula is C27H47NO2S. The first-order chi connectivity index (χ1) is 15.2. The minimum absolute atomic E-state index is 0.211. The van der Waals surface area contributed by atoms with Crippen LogP contribution in [0.4, 0.5) is 5.00 Å². The Balaban J connectivity index is 2.15. The second kappa shape index (κ2) is 19.5. The van der Waals surface area contributed by atoms with Gasteiger partial charge in [-0.25, -0.2) is 0 Å². The number of aldehydes is 1. The molecule has 1 amide bonds. The Bertz CT molecular complexity index is 569. The lowest BCUT2D eigenvalue weighted by atomic mass is 10.0. The average Bonchev–Trinajstić information content (AvgIpc) is 3.25. The summed E-state index contributed by atoms with van der Waals surface area (Å²) in [5.74, 6) is 0.211. The first kappa shape index (κ1) is 27.9. The Labute approximate surface area is 196 Å². The lowest BCUT2D eigenvalue weighted by Gasteiger charge is -2.21. The lowest BCUT2D eigenvalue weighted by Crippen LogP contribution is -2.31. The van der Waals surface area contributed by atoms with E-state index < -0.39 is 0 Å². The van der Waals surface area contributed by atoms with E-state index in [0.29, 0.717) is 11.3 Å². The molecule has 31 heavy (non-hydrogen) atoms. The maximum absolute atomic E-state index is 12.7. The van der Waals surface area contributed by atoms with Crippen LogP contribution in [0.25, 0.3) is 0 Å². The molecule has 0 N–H and O–H groups in total. The van der Waals surface area contributed by atoms with Crippen molar-refractivity contribution >= 4 is 28.5 Å². The third-order valence-electron chi connectivity index (χ3n) is 6.03. The highest BCUT2D eigenvalue weighted by Gasteiger charge is 2.17. The molecule has 0 atom stereocenters. The van der Waals surface area contributed by atoms with Gasteiger partial charge in [-0.2, -0.15) is 0 Å². The SMILES string of the molecule is CCCCCCCCCCCCCCCCN(C(=O)CCCCC)c1ccc(C=O)s1. The zero-order chi connectivity index (χ0) is 22.6. The van der Waals surface area contributed by atoms with Gasteiger partial charge in [-0.1, -0.05) is 110 Å². The summed E-state index contributed by atoms with van der Waals surface area (Å²) in [6, 6.07) is 3.75. The van der Waals surface area contributed by atoms with E-state index in [0.717, 1.165) is 43.5 Å². The van der Waals surface area contributed by atoms with E-state index in [-0.39, 0.29) is 5.91 Å². The van der Waals surface area contributed by atoms with Crippen LogP contribution in [-0.4, -0.2) is 18.7 Å². The highest BCUT2D eigenvalue weighted by Crippen LogP contribution is 2.26. The molecule has 1 heterocycles. The van der Waals surface area contributed by atoms with Crippen LogP contribution < -0.4 is 4.90 Å². The average molecular weight is 450 g/mol. The molecule has 0 saturated heterocycles. The summed E-state index contributed by atoms with van der Waals surface area (Å²) < 4.78 is 0. The van der Waals surface area contributed by atoms with Crippen molar-refractivity contribution in [2.24, 2.45) is 0 Å². The fourth-order valence-corrected chi connectivity index (χ4v) is 4.90. The normalized spacial score (nSPS) is 11.0. The molecule has 0 aliphatic rings. The molecule has 0 aliphatic heterocycles. The summed E-state index contributed by atoms with van der Waals surface area (Å²) in [5.41, 5.74) is 0. The number of hydrogen-bond donors (Lipinski definition) is 0. The summed E-state index contributed by atoms with van der Waals surface area (Å²) in [6.45, 7) is 5.21. The summed E-state index contributed by atoms with van der Waals surface area (Å²) >= 11 is 1.43. The van der Waals surface area contributed by atoms with Gasteiger partial charge in [0.15, 0.2) is 6.29 Å². The molecule has 0 aromatic carbocycles. The monoisotopic (exact) mass is 449 g/mol. The van der Waals surface area contributed by atoms with Crippen LogP contribution in [0.5, 0.6) is 0 Å². The summed E-state index contributed by atoms with van der Waals surface area (Å²) in [7, 11) is 0. The number of amides is 1. The molecule has 1 aromatic rings. The van der Waals surface area contributed by atoms with Crippen LogP contribution in [0.3, 0.4) is 0 Å². The predicted octanol–water partition coefficient (Wildman–Crippen LogP) is 8.96. The maximum Gasteiger partial charge on any atom is 0.227 e. The van der Waals surface area contributed by atoms with Gasteiger partial charge in [0.2, 0.25) is 5.91 Å². The first-order valence-electron chi connectivity index (χ1n) is 13.1. The Morgan fingerprint density at radius 3 is 1.71 bits per heavy atom. The van der Waals surface area contributed by atoms with Crippen molar-refractivity contribution in [3.63, 3.8) is 0 Å². The molecule has 1 rings (SSSR count). The third-order valence-corrected chi connectivity index (χ3v) is 7.06. The van der Waals surface area contributed by atoms with E-state index in [1.807, 2.05) is 17.0 Å². The topological polar surface area (TPSA) is 37.4 Å². The number of unbranched alkanes of at least 4 members (excludes halogenated alkanes) is 15. The van der Waals surface area contributed by atoms with Gasteiger partial charge in [0.05, 0.1) is 9.88 Å². The van der Waals surface area contributed by atoms with Gasteiger partial charge in [-0.05, 0) is 25.0 Å². The molecule has 0 aliphatic carbocycles. The quantitative estimate of drug-likeness (QED) is 0.139. The van der Waals surface area contributed by atoms with E-state index >= 15 is 0 Å². The highest BCUT2D eigenvalue weighted by atomic mass is 32.1. The number of anilines is 1. The fraction of sp³-hybridized carbons (Fsp3) is 0.778. The van der Waals surface area contributed by atoms with E-state index in [1.54, 1.807) is 0 Å². The van der Waals surface area contributed by atoms with Gasteiger partial charge in [0, 0.05) is 13.0 Å². The van der Waals surface area contributed by atoms with Crippen molar-refractivity contribution in [1.29, 1.82) is 0 Å². The van der Waals surface area contributed by atoms with Crippen LogP contribution in [0.2, 0.25) is 0 Å². The number of carbonyl (C=O) groups excluding carboxylic acids is 2. The molecule has 0 bridgehead atoms. The van der Waals surface area contributed by atoms with E-state index in [9.17, 15) is 9.59 Å². The molecule has 0 fully saturated rings. The zero-order valence-electron chi connectivity index (χ0n) is 20.3. The molecular weight excluding hydrogens is 402 g/mol. The molecule has 4 heteroatoms. The lowest BCUT2D eigenvalue weighted by molar-refractivity contribution is -0.118. The Morgan fingerprint density at radius 1 is 0.742 bits per heavy atom. The van der Waals surface area contributed by atoms with Gasteiger partial charge < -0.3 is 4.90 Å². The van der Waals surface area contributed by atoms with E-state index in [1.165, 1.54) is 94.8 Å². The Kier molecular flexibility index (Phi) is 17.6. The zero-order valence-corrected chi connectivity index (χ0v) is 21.2. The summed E-state index contributed by atoms with van der Waals surface area (Å²) in [4.78, 5) is 26.4. The van der Waals surface area contributed by atoms with Gasteiger partial charge in [0.25, 0.3) is 0 Å². The maximum atomic E-state index is 12.7. The van der Waals surface area contributed by atoms with Crippen molar-refractivity contribution in [2.45, 2.75) is 129 Å². The van der Waals surface area contributed by atoms with Gasteiger partial charge in [-0.3, -0.25) is 9.59 Å². The number of hydrogen-bond acceptors (Lipinski definition) is 3. The van der Waals surface area contributed by atoms with Crippen LogP contribution in [-0.2, 0) is 4.79 Å². The molecule has 178 valence electrons. The van der Waals surface area contributed by atoms with Crippen LogP contribution in [0.15, 0.2) is 12.1 Å². The van der Waals surface area contributed by atoms with Gasteiger partial charge in [-0.15, -0.1) is 11.3 Å². The number of carbonyl (C=O) groups is 2. The molecule has 0 spiro atoms. The molecule has 0 saturated carbocycles. The third kappa shape index (κ3) is 13.8. The first-order valence-corrected chi connectivity index (χ1v) is 13.9. The van der Waals surface area contributed by atoms with Crippen LogP contribution in [0.1, 0.15) is 139 Å². The van der Waals surface area contributed by atoms with E-state index in [4.69, 9.17) is 0 Å². The van der Waals surface area contributed by atoms with Crippen molar-refractivity contribution in [2.75, 3.05) is 11.4 Å². The summed E-state index contributed by atoms with van der Waals surface area (Å²) in [5, 5.41) is 0.929. The van der Waals surface area contributed by atoms with Crippen molar-refractivity contribution < 1.29 is 9.59 Å². The number of thiophene rings is 1. The minimum atomic E-state index is 0.211. The fourth-order valence-electron chi connectivity index (χ4n) is 4.03. The molecule has 1 aromatic heterocycles. The van der Waals surface area contributed by atoms with E-state index in [2.05, 4.69) is 13.8 Å². The predicted molar refractivity (Wildman–Crippen MR) is 137 cm³/mol. The largest absolute Gasteiger partial charge is 0.304 e. The summed E-state index contributed by atoms with van der Waals surface area (Å²) in [6.07, 6.45) is 23.4. The number of nitrogens with zero attached hydrogens (tertiary/aromatic N) is 1. The Hall–Kier alpha value is -1.16. The van der Waals surface area contributed by atoms with Gasteiger partial charge >= 0.3 is 0 Å². The molecule has 3 nitrogen and oxygen atoms in total. The highest BCUT2D eigenvalue weighted by molar-refractivity contribution is 7.17. The second-order valence-electron chi connectivity index (χ2n) is 8.89. The minimum Gasteiger partial charge on any atom is -0.304 e. The van der Waals surface area contributed by atoms with Crippen molar-refractivity contribution in [3.05, 3.63) is 17.0 Å². The standard InChI is InChI=1S/C27H47NO2S/c1-3-5-7-8-9-10-11-12-13-14-15-16-17-19-23-28(26(30)20-18-6-4-2)27-22-21-25(24-29)31-27/h21-22,24H,3-20,23H2,1-2H3. The van der Waals surface area contributed by atoms with Crippen molar-refractivity contribution in [1.82, 2.24) is 0 Å². The molecule has 0 unspecified atom stereocenters. The number of rotatable bonds is 21.